The number of hydrogen-bond acceptors (Lipinski definition) is 4. The summed E-state index contributed by atoms with van der Waals surface area (Å²) in [5.41, 5.74) is 3.20. The van der Waals surface area contributed by atoms with Crippen LogP contribution in [0.1, 0.15) is 5.56 Å². The summed E-state index contributed by atoms with van der Waals surface area (Å²) < 4.78 is 73.4. The summed E-state index contributed by atoms with van der Waals surface area (Å²) in [7, 11) is 0. The van der Waals surface area contributed by atoms with E-state index in [1.54, 1.807) is 0 Å². The van der Waals surface area contributed by atoms with E-state index in [-0.39, 0.29) is 11.3 Å². The fraction of sp³-hybridized carbons (Fsp3) is 0.118. The van der Waals surface area contributed by atoms with Crippen molar-refractivity contribution in [1.82, 2.24) is 15.3 Å². The number of carbonyl (C=O) groups excluding carboxylic acids is 2. The topological polar surface area (TPSA) is 122 Å². The van der Waals surface area contributed by atoms with Gasteiger partial charge < -0.3 is 26.1 Å². The summed E-state index contributed by atoms with van der Waals surface area (Å²) in [6.45, 7) is -0.506. The molecule has 0 unspecified atom stereocenters. The second-order valence-electron chi connectivity index (χ2n) is 5.88. The van der Waals surface area contributed by atoms with Crippen LogP contribution < -0.4 is 21.1 Å². The second-order valence-corrected chi connectivity index (χ2v) is 5.88. The molecule has 158 valence electrons. The molecule has 2 heterocycles. The molecule has 13 heteroatoms. The number of hydrogen-bond donors (Lipinski definition) is 4. The molecule has 0 atom stereocenters. The van der Waals surface area contributed by atoms with Crippen molar-refractivity contribution in [3.8, 4) is 11.5 Å². The number of urea groups is 1. The first-order chi connectivity index (χ1) is 14.1. The fourth-order valence-electron chi connectivity index (χ4n) is 2.52. The Hall–Kier alpha value is -3.90. The van der Waals surface area contributed by atoms with Crippen molar-refractivity contribution >= 4 is 28.7 Å². The zero-order valence-electron chi connectivity index (χ0n) is 14.7. The quantitative estimate of drug-likeness (QED) is 0.465. The molecule has 30 heavy (non-hydrogen) atoms. The van der Waals surface area contributed by atoms with Gasteiger partial charge in [-0.3, -0.25) is 4.79 Å². The minimum Gasteiger partial charge on any atom is -0.450 e. The van der Waals surface area contributed by atoms with E-state index in [1.165, 1.54) is 0 Å². The maximum absolute atomic E-state index is 14.4. The summed E-state index contributed by atoms with van der Waals surface area (Å²) in [4.78, 5) is 28.2. The molecule has 1 aromatic carbocycles. The summed E-state index contributed by atoms with van der Waals surface area (Å²) in [5, 5.41) is 3.61. The lowest BCUT2D eigenvalue weighted by atomic mass is 10.2. The van der Waals surface area contributed by atoms with Crippen molar-refractivity contribution in [3.63, 3.8) is 0 Å². The standard InChI is InChI=1S/C17H12F5N5O3/c18-9-3-7(27-16(29)26-6-12(23)28)4-10(19)14(9)30-11-1-2-24-15-13(11)8(5-25-15)17(20,21)22/h1-5H,6H2,(H2,23,28)(H,24,25)(H2,26,27,29). The van der Waals surface area contributed by atoms with E-state index in [4.69, 9.17) is 10.5 Å². The summed E-state index contributed by atoms with van der Waals surface area (Å²) >= 11 is 0. The lowest BCUT2D eigenvalue weighted by Gasteiger charge is -2.13. The summed E-state index contributed by atoms with van der Waals surface area (Å²) in [6, 6.07) is 1.43. The van der Waals surface area contributed by atoms with Crippen LogP contribution in [0.15, 0.2) is 30.6 Å². The van der Waals surface area contributed by atoms with Gasteiger partial charge in [0.25, 0.3) is 0 Å². The number of halogens is 5. The van der Waals surface area contributed by atoms with Crippen LogP contribution in [0.25, 0.3) is 11.0 Å². The molecule has 3 amide bonds. The molecule has 5 N–H and O–H groups in total. The molecule has 0 saturated carbocycles. The number of benzene rings is 1. The van der Waals surface area contributed by atoms with E-state index in [0.717, 1.165) is 12.3 Å². The number of carbonyl (C=O) groups is 2. The largest absolute Gasteiger partial charge is 0.450 e. The number of aromatic amines is 1. The molecule has 3 rings (SSSR count). The Morgan fingerprint density at radius 1 is 1.20 bits per heavy atom. The second kappa shape index (κ2) is 7.85. The number of pyridine rings is 1. The van der Waals surface area contributed by atoms with Crippen molar-refractivity contribution in [2.75, 3.05) is 11.9 Å². The first kappa shape index (κ1) is 20.8. The molecular formula is C17H12F5N5O3. The van der Waals surface area contributed by atoms with E-state index in [0.29, 0.717) is 18.3 Å². The smallest absolute Gasteiger partial charge is 0.418 e. The van der Waals surface area contributed by atoms with Crippen molar-refractivity contribution in [2.45, 2.75) is 6.18 Å². The van der Waals surface area contributed by atoms with Crippen molar-refractivity contribution in [2.24, 2.45) is 5.73 Å². The highest BCUT2D eigenvalue weighted by atomic mass is 19.4. The molecule has 0 radical (unpaired) electrons. The lowest BCUT2D eigenvalue weighted by Crippen LogP contribution is -2.36. The van der Waals surface area contributed by atoms with E-state index in [1.807, 2.05) is 5.32 Å². The zero-order valence-corrected chi connectivity index (χ0v) is 14.7. The van der Waals surface area contributed by atoms with Gasteiger partial charge in [0.1, 0.15) is 11.4 Å². The van der Waals surface area contributed by atoms with Gasteiger partial charge >= 0.3 is 12.2 Å². The predicted molar refractivity (Wildman–Crippen MR) is 93.7 cm³/mol. The van der Waals surface area contributed by atoms with Crippen LogP contribution in [0.3, 0.4) is 0 Å². The number of nitrogens with two attached hydrogens (primary N) is 1. The van der Waals surface area contributed by atoms with Gasteiger partial charge in [-0.05, 0) is 6.07 Å². The SMILES string of the molecule is NC(=O)CNC(=O)Nc1cc(F)c(Oc2ccnc3[nH]cc(C(F)(F)F)c23)c(F)c1. The van der Waals surface area contributed by atoms with E-state index >= 15 is 0 Å². The Morgan fingerprint density at radius 2 is 1.87 bits per heavy atom. The normalized spacial score (nSPS) is 11.4. The number of amides is 3. The van der Waals surface area contributed by atoms with Gasteiger partial charge in [0, 0.05) is 30.2 Å². The van der Waals surface area contributed by atoms with Crippen molar-refractivity contribution in [1.29, 1.82) is 0 Å². The molecule has 0 aliphatic carbocycles. The molecular weight excluding hydrogens is 417 g/mol. The number of H-pyrrole nitrogens is 1. The number of alkyl halides is 3. The Morgan fingerprint density at radius 3 is 2.47 bits per heavy atom. The molecule has 0 fully saturated rings. The lowest BCUT2D eigenvalue weighted by molar-refractivity contribution is -0.136. The zero-order chi connectivity index (χ0) is 22.1. The van der Waals surface area contributed by atoms with Crippen molar-refractivity contribution in [3.05, 3.63) is 47.8 Å². The average Bonchev–Trinajstić information content (AvgIpc) is 3.08. The number of aromatic nitrogens is 2. The number of nitrogens with one attached hydrogen (secondary N) is 3. The van der Waals surface area contributed by atoms with Crippen LogP contribution in [0.4, 0.5) is 32.4 Å². The minimum atomic E-state index is -4.76. The van der Waals surface area contributed by atoms with E-state index in [9.17, 15) is 31.5 Å². The third-order valence-corrected chi connectivity index (χ3v) is 3.73. The van der Waals surface area contributed by atoms with Crippen LogP contribution in [-0.4, -0.2) is 28.5 Å². The number of nitrogens with zero attached hydrogens (tertiary/aromatic N) is 1. The van der Waals surface area contributed by atoms with Crippen molar-refractivity contribution < 1.29 is 36.3 Å². The molecule has 2 aromatic heterocycles. The van der Waals surface area contributed by atoms with Crippen LogP contribution in [0.2, 0.25) is 0 Å². The third-order valence-electron chi connectivity index (χ3n) is 3.73. The summed E-state index contributed by atoms with van der Waals surface area (Å²) in [6.07, 6.45) is -3.00. The van der Waals surface area contributed by atoms with Gasteiger partial charge in [0.15, 0.2) is 17.4 Å². The van der Waals surface area contributed by atoms with Gasteiger partial charge in [0.05, 0.1) is 17.5 Å². The first-order valence-electron chi connectivity index (χ1n) is 8.09. The predicted octanol–water partition coefficient (Wildman–Crippen LogP) is 3.26. The summed E-state index contributed by atoms with van der Waals surface area (Å²) in [5.74, 6) is -4.90. The Bertz CT molecular complexity index is 1110. The van der Waals surface area contributed by atoms with Gasteiger partial charge in [-0.25, -0.2) is 18.6 Å². The maximum atomic E-state index is 14.4. The molecule has 0 saturated heterocycles. The highest BCUT2D eigenvalue weighted by molar-refractivity contribution is 5.92. The molecule has 0 spiro atoms. The fourth-order valence-corrected chi connectivity index (χ4v) is 2.52. The molecule has 0 aliphatic rings. The monoisotopic (exact) mass is 429 g/mol. The van der Waals surface area contributed by atoms with Crippen LogP contribution in [0.5, 0.6) is 11.5 Å². The van der Waals surface area contributed by atoms with Gasteiger partial charge in [-0.15, -0.1) is 0 Å². The van der Waals surface area contributed by atoms with Crippen LogP contribution >= 0.6 is 0 Å². The maximum Gasteiger partial charge on any atom is 0.418 e. The molecule has 0 aliphatic heterocycles. The highest BCUT2D eigenvalue weighted by Gasteiger charge is 2.35. The minimum absolute atomic E-state index is 0.190. The first-order valence-corrected chi connectivity index (χ1v) is 8.09. The van der Waals surface area contributed by atoms with Gasteiger partial charge in [-0.2, -0.15) is 13.2 Å². The third kappa shape index (κ3) is 4.39. The van der Waals surface area contributed by atoms with E-state index < -0.39 is 58.7 Å². The number of ether oxygens (including phenoxy) is 1. The van der Waals surface area contributed by atoms with Gasteiger partial charge in [0.2, 0.25) is 5.91 Å². The highest BCUT2D eigenvalue weighted by Crippen LogP contribution is 2.40. The van der Waals surface area contributed by atoms with Gasteiger partial charge in [-0.1, -0.05) is 0 Å². The molecule has 8 nitrogen and oxygen atoms in total. The number of rotatable bonds is 5. The Balaban J connectivity index is 1.90. The number of fused-ring (bicyclic) bond motifs is 1. The molecule has 0 bridgehead atoms. The molecule has 3 aromatic rings. The number of primary amides is 1. The Labute approximate surface area is 164 Å². The van der Waals surface area contributed by atoms with E-state index in [2.05, 4.69) is 15.3 Å². The Kier molecular flexibility index (Phi) is 5.45. The van der Waals surface area contributed by atoms with Crippen LogP contribution in [0, 0.1) is 11.6 Å². The van der Waals surface area contributed by atoms with Crippen LogP contribution in [-0.2, 0) is 11.0 Å². The average molecular weight is 429 g/mol. The number of anilines is 1.